The van der Waals surface area contributed by atoms with Gasteiger partial charge in [-0.15, -0.1) is 0 Å². The average molecular weight is 238 g/mol. The molecule has 0 amide bonds. The van der Waals surface area contributed by atoms with E-state index in [4.69, 9.17) is 11.6 Å². The Labute approximate surface area is 101 Å². The zero-order valence-corrected chi connectivity index (χ0v) is 10.3. The molecule has 0 unspecified atom stereocenters. The standard InChI is InChI=1S/C13H16ClNO/c1-13(2)8-11(16)7-12(15-13)9-4-3-5-10(14)6-9/h3-6,12,15H,7-8H2,1-2H3/t12-/m0/s1. The van der Waals surface area contributed by atoms with Crippen LogP contribution in [0.2, 0.25) is 5.02 Å². The van der Waals surface area contributed by atoms with Gasteiger partial charge in [0.1, 0.15) is 5.78 Å². The number of carbonyl (C=O) groups is 1. The first-order valence-corrected chi connectivity index (χ1v) is 5.89. The molecule has 1 aromatic rings. The molecule has 1 aromatic carbocycles. The van der Waals surface area contributed by atoms with Gasteiger partial charge in [0, 0.05) is 29.4 Å². The maximum atomic E-state index is 11.7. The van der Waals surface area contributed by atoms with Gasteiger partial charge in [0.05, 0.1) is 0 Å². The Bertz CT molecular complexity index is 414. The summed E-state index contributed by atoms with van der Waals surface area (Å²) in [5.74, 6) is 0.314. The maximum absolute atomic E-state index is 11.7. The minimum Gasteiger partial charge on any atom is -0.304 e. The third-order valence-electron chi connectivity index (χ3n) is 2.89. The van der Waals surface area contributed by atoms with Crippen molar-refractivity contribution in [2.24, 2.45) is 0 Å². The number of hydrogen-bond acceptors (Lipinski definition) is 2. The second-order valence-corrected chi connectivity index (χ2v) is 5.49. The van der Waals surface area contributed by atoms with Gasteiger partial charge in [-0.25, -0.2) is 0 Å². The van der Waals surface area contributed by atoms with Crippen LogP contribution < -0.4 is 5.32 Å². The molecule has 0 spiro atoms. The van der Waals surface area contributed by atoms with Crippen molar-refractivity contribution in [3.63, 3.8) is 0 Å². The summed E-state index contributed by atoms with van der Waals surface area (Å²) < 4.78 is 0. The van der Waals surface area contributed by atoms with E-state index in [9.17, 15) is 4.79 Å². The Kier molecular flexibility index (Phi) is 3.04. The molecule has 86 valence electrons. The van der Waals surface area contributed by atoms with Crippen LogP contribution in [0.15, 0.2) is 24.3 Å². The van der Waals surface area contributed by atoms with Gasteiger partial charge in [0.15, 0.2) is 0 Å². The second kappa shape index (κ2) is 4.19. The maximum Gasteiger partial charge on any atom is 0.136 e. The van der Waals surface area contributed by atoms with Gasteiger partial charge < -0.3 is 5.32 Å². The molecular weight excluding hydrogens is 222 g/mol. The van der Waals surface area contributed by atoms with Crippen LogP contribution in [0.1, 0.15) is 38.3 Å². The van der Waals surface area contributed by atoms with Crippen LogP contribution in [0.25, 0.3) is 0 Å². The third kappa shape index (κ3) is 2.63. The fourth-order valence-electron chi connectivity index (χ4n) is 2.29. The van der Waals surface area contributed by atoms with Crippen molar-refractivity contribution in [1.82, 2.24) is 5.32 Å². The normalized spacial score (nSPS) is 24.4. The van der Waals surface area contributed by atoms with E-state index < -0.39 is 0 Å². The van der Waals surface area contributed by atoms with E-state index in [0.717, 1.165) is 10.6 Å². The molecule has 1 N–H and O–H groups in total. The highest BCUT2D eigenvalue weighted by Crippen LogP contribution is 2.29. The minimum absolute atomic E-state index is 0.0925. The Morgan fingerprint density at radius 3 is 2.81 bits per heavy atom. The molecule has 0 bridgehead atoms. The smallest absolute Gasteiger partial charge is 0.136 e. The molecular formula is C13H16ClNO. The van der Waals surface area contributed by atoms with Crippen molar-refractivity contribution >= 4 is 17.4 Å². The Balaban J connectivity index is 2.24. The number of piperidine rings is 1. The zero-order chi connectivity index (χ0) is 11.8. The summed E-state index contributed by atoms with van der Waals surface area (Å²) in [5, 5.41) is 4.20. The number of Topliss-reactive ketones (excluding diaryl/α,β-unsaturated/α-hetero) is 1. The Hall–Kier alpha value is -0.860. The molecule has 0 aliphatic carbocycles. The number of nitrogens with one attached hydrogen (secondary N) is 1. The number of benzene rings is 1. The van der Waals surface area contributed by atoms with Gasteiger partial charge in [0.25, 0.3) is 0 Å². The Morgan fingerprint density at radius 2 is 2.19 bits per heavy atom. The van der Waals surface area contributed by atoms with Crippen molar-refractivity contribution in [2.45, 2.75) is 38.3 Å². The fraction of sp³-hybridized carbons (Fsp3) is 0.462. The molecule has 1 fully saturated rings. The summed E-state index contributed by atoms with van der Waals surface area (Å²) in [7, 11) is 0. The molecule has 0 aromatic heterocycles. The van der Waals surface area contributed by atoms with Crippen molar-refractivity contribution in [3.8, 4) is 0 Å². The number of hydrogen-bond donors (Lipinski definition) is 1. The second-order valence-electron chi connectivity index (χ2n) is 5.06. The van der Waals surface area contributed by atoms with Crippen LogP contribution in [0, 0.1) is 0 Å². The highest BCUT2D eigenvalue weighted by Gasteiger charge is 2.32. The van der Waals surface area contributed by atoms with Gasteiger partial charge in [-0.2, -0.15) is 0 Å². The third-order valence-corrected chi connectivity index (χ3v) is 3.12. The molecule has 0 saturated carbocycles. The predicted octanol–water partition coefficient (Wildman–Crippen LogP) is 3.11. The summed E-state index contributed by atoms with van der Waals surface area (Å²) >= 11 is 5.96. The van der Waals surface area contributed by atoms with E-state index in [1.165, 1.54) is 0 Å². The van der Waals surface area contributed by atoms with E-state index in [1.807, 2.05) is 24.3 Å². The van der Waals surface area contributed by atoms with Crippen LogP contribution in [0.4, 0.5) is 0 Å². The molecule has 1 saturated heterocycles. The average Bonchev–Trinajstić information content (AvgIpc) is 2.14. The lowest BCUT2D eigenvalue weighted by molar-refractivity contribution is -0.122. The summed E-state index contributed by atoms with van der Waals surface area (Å²) in [6.45, 7) is 4.11. The van der Waals surface area contributed by atoms with E-state index in [2.05, 4.69) is 19.2 Å². The van der Waals surface area contributed by atoms with Crippen LogP contribution >= 0.6 is 11.6 Å². The molecule has 2 rings (SSSR count). The Morgan fingerprint density at radius 1 is 1.44 bits per heavy atom. The highest BCUT2D eigenvalue weighted by molar-refractivity contribution is 6.30. The number of halogens is 1. The van der Waals surface area contributed by atoms with Crippen molar-refractivity contribution in [2.75, 3.05) is 0 Å². The lowest BCUT2D eigenvalue weighted by atomic mass is 9.86. The summed E-state index contributed by atoms with van der Waals surface area (Å²) in [6, 6.07) is 7.80. The molecule has 1 aliphatic rings. The topological polar surface area (TPSA) is 29.1 Å². The van der Waals surface area contributed by atoms with E-state index in [-0.39, 0.29) is 11.6 Å². The highest BCUT2D eigenvalue weighted by atomic mass is 35.5. The first-order valence-electron chi connectivity index (χ1n) is 5.51. The largest absolute Gasteiger partial charge is 0.304 e. The van der Waals surface area contributed by atoms with E-state index in [0.29, 0.717) is 18.6 Å². The van der Waals surface area contributed by atoms with Crippen molar-refractivity contribution in [3.05, 3.63) is 34.9 Å². The molecule has 16 heavy (non-hydrogen) atoms. The summed E-state index contributed by atoms with van der Waals surface area (Å²) in [4.78, 5) is 11.7. The van der Waals surface area contributed by atoms with E-state index in [1.54, 1.807) is 0 Å². The zero-order valence-electron chi connectivity index (χ0n) is 9.59. The lowest BCUT2D eigenvalue weighted by Gasteiger charge is -2.36. The molecule has 3 heteroatoms. The fourth-order valence-corrected chi connectivity index (χ4v) is 2.49. The number of carbonyl (C=O) groups excluding carboxylic acids is 1. The van der Waals surface area contributed by atoms with Gasteiger partial charge in [-0.05, 0) is 31.5 Å². The molecule has 1 aliphatic heterocycles. The first-order chi connectivity index (χ1) is 7.46. The predicted molar refractivity (Wildman–Crippen MR) is 65.6 cm³/mol. The number of ketones is 1. The molecule has 0 radical (unpaired) electrons. The van der Waals surface area contributed by atoms with Gasteiger partial charge in [-0.1, -0.05) is 23.7 Å². The van der Waals surface area contributed by atoms with Gasteiger partial charge in [0.2, 0.25) is 0 Å². The SMILES string of the molecule is CC1(C)CC(=O)C[C@@H](c2cccc(Cl)c2)N1. The van der Waals surface area contributed by atoms with Crippen LogP contribution in [-0.2, 0) is 4.79 Å². The van der Waals surface area contributed by atoms with Crippen LogP contribution in [-0.4, -0.2) is 11.3 Å². The number of rotatable bonds is 1. The van der Waals surface area contributed by atoms with Gasteiger partial charge in [-0.3, -0.25) is 4.79 Å². The molecule has 1 heterocycles. The molecule has 2 nitrogen and oxygen atoms in total. The monoisotopic (exact) mass is 237 g/mol. The van der Waals surface area contributed by atoms with Gasteiger partial charge >= 0.3 is 0 Å². The summed E-state index contributed by atoms with van der Waals surface area (Å²) in [6.07, 6.45) is 1.16. The lowest BCUT2D eigenvalue weighted by Crippen LogP contribution is -2.48. The van der Waals surface area contributed by atoms with E-state index >= 15 is 0 Å². The van der Waals surface area contributed by atoms with Crippen molar-refractivity contribution < 1.29 is 4.79 Å². The molecule has 1 atom stereocenters. The van der Waals surface area contributed by atoms with Crippen LogP contribution in [0.5, 0.6) is 0 Å². The van der Waals surface area contributed by atoms with Crippen LogP contribution in [0.3, 0.4) is 0 Å². The minimum atomic E-state index is -0.123. The quantitative estimate of drug-likeness (QED) is 0.813. The summed E-state index contributed by atoms with van der Waals surface area (Å²) in [5.41, 5.74) is 0.969. The van der Waals surface area contributed by atoms with Crippen molar-refractivity contribution in [1.29, 1.82) is 0 Å². The first kappa shape index (κ1) is 11.6.